The zero-order chi connectivity index (χ0) is 4.50. The van der Waals surface area contributed by atoms with Crippen molar-refractivity contribution in [2.24, 2.45) is 0 Å². The lowest BCUT2D eigenvalue weighted by molar-refractivity contribution is -0.0516. The Hall–Kier alpha value is 0.400. The van der Waals surface area contributed by atoms with Crippen molar-refractivity contribution in [2.45, 2.75) is 11.6 Å². The summed E-state index contributed by atoms with van der Waals surface area (Å²) in [6.07, 6.45) is 0. The molecule has 0 fully saturated rings. The fourth-order valence-electron chi connectivity index (χ4n) is 0. The molecule has 2 N–H and O–H groups in total. The molecule has 0 aliphatic carbocycles. The number of halogens is 1. The average molecular weight is 141 g/mol. The number of hydrogen-bond acceptors (Lipinski definition) is 2. The first kappa shape index (κ1) is 5.40. The monoisotopic (exact) mass is 140 g/mol. The predicted molar refractivity (Wildman–Crippen MR) is 21.8 cm³/mol. The number of aliphatic hydroxyl groups is 2. The van der Waals surface area contributed by atoms with Crippen LogP contribution in [0, 0.1) is 0 Å². The first-order valence-electron chi connectivity index (χ1n) is 1.14. The van der Waals surface area contributed by atoms with Gasteiger partial charge in [0.1, 0.15) is 0 Å². The minimum Gasteiger partial charge on any atom is -0.357 e. The second-order valence-corrected chi connectivity index (χ2v) is 2.41. The molecule has 0 bridgehead atoms. The molecule has 32 valence electrons. The van der Waals surface area contributed by atoms with Gasteiger partial charge in [0, 0.05) is 6.92 Å². The summed E-state index contributed by atoms with van der Waals surface area (Å²) >= 11 is 2.49. The Bertz CT molecular complexity index is 23.1. The summed E-state index contributed by atoms with van der Waals surface area (Å²) in [5.41, 5.74) is 0. The number of rotatable bonds is 0. The average Bonchev–Trinajstić information content (AvgIpc) is 0.722. The van der Waals surface area contributed by atoms with Gasteiger partial charge in [-0.1, -0.05) is 0 Å². The Balaban J connectivity index is 3.02. The molecule has 0 saturated heterocycles. The molecule has 0 amide bonds. The standard InChI is InChI=1S/C2H5BrO2/c1-2(3,4)5/h4-5H,1H3. The fraction of sp³-hybridized carbons (Fsp3) is 1.00. The molecule has 0 aliphatic heterocycles. The summed E-state index contributed by atoms with van der Waals surface area (Å²) in [4.78, 5) is 0. The van der Waals surface area contributed by atoms with Crippen LogP contribution < -0.4 is 0 Å². The van der Waals surface area contributed by atoms with Gasteiger partial charge in [0.25, 0.3) is 0 Å². The summed E-state index contributed by atoms with van der Waals surface area (Å²) in [6.45, 7) is 1.22. The number of hydrogen-bond donors (Lipinski definition) is 2. The molecule has 0 aromatic heterocycles. The molecule has 3 heteroatoms. The quantitative estimate of drug-likeness (QED) is 0.369. The van der Waals surface area contributed by atoms with Crippen LogP contribution in [0.5, 0.6) is 0 Å². The summed E-state index contributed by atoms with van der Waals surface area (Å²) in [5.74, 6) is 0. The van der Waals surface area contributed by atoms with Crippen molar-refractivity contribution in [3.63, 3.8) is 0 Å². The Labute approximate surface area is 38.6 Å². The Morgan fingerprint density at radius 3 is 1.60 bits per heavy atom. The van der Waals surface area contributed by atoms with Crippen LogP contribution in [0.1, 0.15) is 6.92 Å². The highest BCUT2D eigenvalue weighted by atomic mass is 79.9. The van der Waals surface area contributed by atoms with Crippen LogP contribution in [0.3, 0.4) is 0 Å². The van der Waals surface area contributed by atoms with Gasteiger partial charge in [0.05, 0.1) is 0 Å². The molecular formula is C2H5BrO2. The molecule has 0 spiro atoms. The van der Waals surface area contributed by atoms with Crippen LogP contribution >= 0.6 is 15.9 Å². The normalized spacial score (nSPS) is 12.0. The molecule has 0 radical (unpaired) electrons. The zero-order valence-corrected chi connectivity index (χ0v) is 4.36. The SMILES string of the molecule is CC(O)(O)Br. The second kappa shape index (κ2) is 1.24. The van der Waals surface area contributed by atoms with Crippen LogP contribution in [0.15, 0.2) is 0 Å². The molecule has 0 saturated carbocycles. The maximum absolute atomic E-state index is 7.99. The van der Waals surface area contributed by atoms with E-state index < -0.39 is 4.70 Å². The smallest absolute Gasteiger partial charge is 0.218 e. The minimum absolute atomic E-state index is 1.22. The van der Waals surface area contributed by atoms with E-state index in [1.165, 1.54) is 6.92 Å². The molecule has 0 aliphatic rings. The Morgan fingerprint density at radius 2 is 1.60 bits per heavy atom. The molecule has 2 nitrogen and oxygen atoms in total. The molecule has 0 aromatic rings. The highest BCUT2D eigenvalue weighted by Gasteiger charge is 2.03. The molecule has 0 heterocycles. The lowest BCUT2D eigenvalue weighted by Gasteiger charge is -2.00. The van der Waals surface area contributed by atoms with E-state index in [1.54, 1.807) is 0 Å². The van der Waals surface area contributed by atoms with Crippen molar-refractivity contribution in [2.75, 3.05) is 0 Å². The lowest BCUT2D eigenvalue weighted by atomic mass is 10.8. The van der Waals surface area contributed by atoms with Gasteiger partial charge in [-0.25, -0.2) is 0 Å². The van der Waals surface area contributed by atoms with Crippen LogP contribution in [-0.4, -0.2) is 14.9 Å². The predicted octanol–water partition coefficient (Wildman–Crippen LogP) is 0.0396. The van der Waals surface area contributed by atoms with E-state index in [1.807, 2.05) is 0 Å². The molecule has 0 atom stereocenters. The van der Waals surface area contributed by atoms with Crippen molar-refractivity contribution >= 4 is 15.9 Å². The second-order valence-electron chi connectivity index (χ2n) is 0.905. The van der Waals surface area contributed by atoms with E-state index in [4.69, 9.17) is 10.2 Å². The van der Waals surface area contributed by atoms with Crippen molar-refractivity contribution < 1.29 is 10.2 Å². The van der Waals surface area contributed by atoms with E-state index >= 15 is 0 Å². The first-order chi connectivity index (χ1) is 2.00. The van der Waals surface area contributed by atoms with Crippen LogP contribution in [0.2, 0.25) is 0 Å². The van der Waals surface area contributed by atoms with E-state index in [9.17, 15) is 0 Å². The Morgan fingerprint density at radius 1 is 1.60 bits per heavy atom. The minimum atomic E-state index is -1.69. The molecule has 0 aromatic carbocycles. The van der Waals surface area contributed by atoms with E-state index in [0.29, 0.717) is 0 Å². The molecular weight excluding hydrogens is 136 g/mol. The third-order valence-electron chi connectivity index (χ3n) is 0. The van der Waals surface area contributed by atoms with E-state index in [0.717, 1.165) is 0 Å². The van der Waals surface area contributed by atoms with Crippen molar-refractivity contribution in [3.8, 4) is 0 Å². The fourth-order valence-corrected chi connectivity index (χ4v) is 0. The highest BCUT2D eigenvalue weighted by Crippen LogP contribution is 2.03. The van der Waals surface area contributed by atoms with Crippen molar-refractivity contribution in [1.82, 2.24) is 0 Å². The molecule has 5 heavy (non-hydrogen) atoms. The first-order valence-corrected chi connectivity index (χ1v) is 1.93. The van der Waals surface area contributed by atoms with Gasteiger partial charge in [0.15, 0.2) is 0 Å². The van der Waals surface area contributed by atoms with Gasteiger partial charge in [-0.2, -0.15) is 0 Å². The maximum atomic E-state index is 7.99. The van der Waals surface area contributed by atoms with Gasteiger partial charge >= 0.3 is 0 Å². The largest absolute Gasteiger partial charge is 0.357 e. The van der Waals surface area contributed by atoms with E-state index in [-0.39, 0.29) is 0 Å². The van der Waals surface area contributed by atoms with Crippen molar-refractivity contribution in [1.29, 1.82) is 0 Å². The zero-order valence-electron chi connectivity index (χ0n) is 2.77. The third kappa shape index (κ3) is 158. The van der Waals surface area contributed by atoms with Gasteiger partial charge < -0.3 is 10.2 Å². The lowest BCUT2D eigenvalue weighted by Crippen LogP contribution is -2.10. The highest BCUT2D eigenvalue weighted by molar-refractivity contribution is 9.09. The van der Waals surface area contributed by atoms with Crippen LogP contribution in [0.4, 0.5) is 0 Å². The molecule has 0 unspecified atom stereocenters. The van der Waals surface area contributed by atoms with Crippen molar-refractivity contribution in [3.05, 3.63) is 0 Å². The summed E-state index contributed by atoms with van der Waals surface area (Å²) in [6, 6.07) is 0. The topological polar surface area (TPSA) is 40.5 Å². The van der Waals surface area contributed by atoms with E-state index in [2.05, 4.69) is 15.9 Å². The summed E-state index contributed by atoms with van der Waals surface area (Å²) in [5, 5.41) is 16.0. The molecule has 0 rings (SSSR count). The van der Waals surface area contributed by atoms with Gasteiger partial charge in [-0.05, 0) is 15.9 Å². The third-order valence-corrected chi connectivity index (χ3v) is 0. The summed E-state index contributed by atoms with van der Waals surface area (Å²) < 4.78 is -1.69. The maximum Gasteiger partial charge on any atom is 0.218 e. The van der Waals surface area contributed by atoms with Gasteiger partial charge in [0.2, 0.25) is 4.70 Å². The van der Waals surface area contributed by atoms with Gasteiger partial charge in [-0.15, -0.1) is 0 Å². The van der Waals surface area contributed by atoms with Crippen LogP contribution in [-0.2, 0) is 0 Å². The number of alkyl halides is 1. The van der Waals surface area contributed by atoms with Crippen LogP contribution in [0.25, 0.3) is 0 Å². The van der Waals surface area contributed by atoms with Gasteiger partial charge in [-0.3, -0.25) is 0 Å². The summed E-state index contributed by atoms with van der Waals surface area (Å²) in [7, 11) is 0. The Kier molecular flexibility index (Phi) is 1.34.